The van der Waals surface area contributed by atoms with Crippen LogP contribution in [-0.4, -0.2) is 32.8 Å². The number of rotatable bonds is 2. The van der Waals surface area contributed by atoms with Crippen molar-refractivity contribution in [3.05, 3.63) is 42.4 Å². The maximum absolute atomic E-state index is 11.8. The van der Waals surface area contributed by atoms with E-state index >= 15 is 0 Å². The molecule has 1 aromatic carbocycles. The number of hydrogen-bond acceptors (Lipinski definition) is 6. The summed E-state index contributed by atoms with van der Waals surface area (Å²) in [4.78, 5) is 19.9. The zero-order valence-electron chi connectivity index (χ0n) is 10.6. The molecule has 0 aliphatic heterocycles. The van der Waals surface area contributed by atoms with E-state index in [1.807, 2.05) is 18.2 Å². The van der Waals surface area contributed by atoms with E-state index in [4.69, 9.17) is 10.5 Å². The molecule has 0 radical (unpaired) electrons. The molecule has 7 nitrogen and oxygen atoms in total. The second-order valence-corrected chi connectivity index (χ2v) is 4.03. The van der Waals surface area contributed by atoms with E-state index in [-0.39, 0.29) is 11.5 Å². The Morgan fingerprint density at radius 1 is 1.25 bits per heavy atom. The predicted octanol–water partition coefficient (Wildman–Crippen LogP) is 1.18. The van der Waals surface area contributed by atoms with Crippen LogP contribution in [0.5, 0.6) is 0 Å². The Labute approximate surface area is 114 Å². The molecule has 3 aromatic rings. The molecule has 20 heavy (non-hydrogen) atoms. The van der Waals surface area contributed by atoms with Crippen molar-refractivity contribution in [2.24, 2.45) is 0 Å². The van der Waals surface area contributed by atoms with Gasteiger partial charge in [0.15, 0.2) is 17.3 Å². The summed E-state index contributed by atoms with van der Waals surface area (Å²) in [6.07, 6.45) is 3.01. The van der Waals surface area contributed by atoms with E-state index in [1.165, 1.54) is 24.2 Å². The Kier molecular flexibility index (Phi) is 2.79. The molecule has 0 saturated carbocycles. The lowest BCUT2D eigenvalue weighted by Crippen LogP contribution is -2.08. The first-order valence-electron chi connectivity index (χ1n) is 5.85. The fourth-order valence-corrected chi connectivity index (χ4v) is 1.98. The van der Waals surface area contributed by atoms with Crippen LogP contribution in [0.25, 0.3) is 16.7 Å². The van der Waals surface area contributed by atoms with Gasteiger partial charge in [-0.15, -0.1) is 0 Å². The number of esters is 1. The van der Waals surface area contributed by atoms with Crippen LogP contribution in [0.15, 0.2) is 36.7 Å². The monoisotopic (exact) mass is 269 g/mol. The maximum atomic E-state index is 11.8. The quantitative estimate of drug-likeness (QED) is 0.702. The van der Waals surface area contributed by atoms with Gasteiger partial charge in [-0.05, 0) is 6.07 Å². The minimum Gasteiger partial charge on any atom is -0.464 e. The first-order chi connectivity index (χ1) is 9.72. The van der Waals surface area contributed by atoms with Gasteiger partial charge < -0.3 is 10.5 Å². The second kappa shape index (κ2) is 4.61. The van der Waals surface area contributed by atoms with Crippen LogP contribution in [0.4, 0.5) is 5.82 Å². The molecule has 3 rings (SSSR count). The number of carbonyl (C=O) groups is 1. The third kappa shape index (κ3) is 1.76. The highest BCUT2D eigenvalue weighted by molar-refractivity contribution is 6.02. The Hall–Kier alpha value is -2.96. The van der Waals surface area contributed by atoms with Gasteiger partial charge in [0.25, 0.3) is 0 Å². The van der Waals surface area contributed by atoms with Gasteiger partial charge in [-0.3, -0.25) is 0 Å². The van der Waals surface area contributed by atoms with Crippen LogP contribution >= 0.6 is 0 Å². The van der Waals surface area contributed by atoms with Gasteiger partial charge in [-0.1, -0.05) is 18.2 Å². The normalized spacial score (nSPS) is 10.7. The number of fused-ring (bicyclic) bond motifs is 1. The van der Waals surface area contributed by atoms with Crippen molar-refractivity contribution < 1.29 is 9.53 Å². The number of carbonyl (C=O) groups excluding carboxylic acids is 1. The van der Waals surface area contributed by atoms with Gasteiger partial charge in [0.2, 0.25) is 0 Å². The van der Waals surface area contributed by atoms with Gasteiger partial charge in [0.05, 0.1) is 12.6 Å². The van der Waals surface area contributed by atoms with Crippen LogP contribution < -0.4 is 5.73 Å². The number of nitrogens with two attached hydrogens (primary N) is 1. The fourth-order valence-electron chi connectivity index (χ4n) is 1.98. The summed E-state index contributed by atoms with van der Waals surface area (Å²) in [5.74, 6) is 0.0958. The number of ether oxygens (including phenoxy) is 1. The van der Waals surface area contributed by atoms with E-state index in [2.05, 4.69) is 15.1 Å². The molecule has 0 aliphatic carbocycles. The predicted molar refractivity (Wildman–Crippen MR) is 72.4 cm³/mol. The number of nitrogen functional groups attached to an aromatic ring is 1. The topological polar surface area (TPSA) is 95.9 Å². The second-order valence-electron chi connectivity index (χ2n) is 4.03. The number of nitrogens with zero attached hydrogens (tertiary/aromatic N) is 4. The van der Waals surface area contributed by atoms with Gasteiger partial charge >= 0.3 is 5.97 Å². The highest BCUT2D eigenvalue weighted by Crippen LogP contribution is 2.23. The third-order valence-electron chi connectivity index (χ3n) is 2.87. The van der Waals surface area contributed by atoms with Gasteiger partial charge in [-0.25, -0.2) is 19.4 Å². The molecule has 0 unspecified atom stereocenters. The van der Waals surface area contributed by atoms with E-state index in [0.717, 1.165) is 0 Å². The molecule has 0 spiro atoms. The summed E-state index contributed by atoms with van der Waals surface area (Å²) >= 11 is 0. The summed E-state index contributed by atoms with van der Waals surface area (Å²) in [5, 5.41) is 4.92. The lowest BCUT2D eigenvalue weighted by molar-refractivity contribution is 0.0595. The summed E-state index contributed by atoms with van der Waals surface area (Å²) in [6, 6.07) is 7.27. The number of aromatic nitrogens is 4. The Morgan fingerprint density at radius 2 is 2.00 bits per heavy atom. The lowest BCUT2D eigenvalue weighted by Gasteiger charge is -2.03. The Morgan fingerprint density at radius 3 is 2.75 bits per heavy atom. The van der Waals surface area contributed by atoms with E-state index in [1.54, 1.807) is 6.07 Å². The molecule has 2 aromatic heterocycles. The summed E-state index contributed by atoms with van der Waals surface area (Å²) in [6.45, 7) is 0. The van der Waals surface area contributed by atoms with Crippen LogP contribution in [0.2, 0.25) is 0 Å². The largest absolute Gasteiger partial charge is 0.464 e. The molecular formula is C13H11N5O2. The smallest absolute Gasteiger partial charge is 0.359 e. The maximum Gasteiger partial charge on any atom is 0.359 e. The number of hydrogen-bond donors (Lipinski definition) is 1. The van der Waals surface area contributed by atoms with Crippen LogP contribution in [0.1, 0.15) is 10.5 Å². The molecule has 0 aliphatic rings. The lowest BCUT2D eigenvalue weighted by atomic mass is 10.2. The zero-order valence-corrected chi connectivity index (χ0v) is 10.6. The number of methoxy groups -OCH3 is 1. The number of benzene rings is 1. The van der Waals surface area contributed by atoms with Gasteiger partial charge in [0.1, 0.15) is 0 Å². The summed E-state index contributed by atoms with van der Waals surface area (Å²) in [5.41, 5.74) is 6.74. The van der Waals surface area contributed by atoms with E-state index in [0.29, 0.717) is 16.7 Å². The minimum atomic E-state index is -0.512. The van der Waals surface area contributed by atoms with Crippen molar-refractivity contribution in [2.45, 2.75) is 0 Å². The first kappa shape index (κ1) is 12.1. The Bertz CT molecular complexity index is 796. The van der Waals surface area contributed by atoms with Crippen molar-refractivity contribution >= 4 is 22.7 Å². The fraction of sp³-hybridized carbons (Fsp3) is 0.0769. The molecule has 2 heterocycles. The Balaban J connectivity index is 2.32. The van der Waals surface area contributed by atoms with Crippen molar-refractivity contribution in [2.75, 3.05) is 12.8 Å². The van der Waals surface area contributed by atoms with Gasteiger partial charge in [0, 0.05) is 17.8 Å². The molecular weight excluding hydrogens is 258 g/mol. The molecule has 0 atom stereocenters. The molecule has 2 N–H and O–H groups in total. The average Bonchev–Trinajstić information content (AvgIpc) is 2.86. The average molecular weight is 269 g/mol. The minimum absolute atomic E-state index is 0.216. The number of para-hydroxylation sites is 1. The third-order valence-corrected chi connectivity index (χ3v) is 2.87. The van der Waals surface area contributed by atoms with Crippen molar-refractivity contribution in [1.82, 2.24) is 19.7 Å². The molecule has 100 valence electrons. The molecule has 0 fully saturated rings. The molecule has 0 saturated heterocycles. The standard InChI is InChI=1S/C13H11N5O2/c1-20-13(19)10-8-4-2-3-5-9(8)18(17-10)12-11(14)15-6-7-16-12/h2-7H,1H3,(H2,14,15). The summed E-state index contributed by atoms with van der Waals surface area (Å²) in [7, 11) is 1.31. The summed E-state index contributed by atoms with van der Waals surface area (Å²) < 4.78 is 6.23. The number of anilines is 1. The zero-order chi connectivity index (χ0) is 14.1. The highest BCUT2D eigenvalue weighted by atomic mass is 16.5. The van der Waals surface area contributed by atoms with Gasteiger partial charge in [-0.2, -0.15) is 5.10 Å². The van der Waals surface area contributed by atoms with Crippen molar-refractivity contribution in [1.29, 1.82) is 0 Å². The van der Waals surface area contributed by atoms with Crippen LogP contribution in [0.3, 0.4) is 0 Å². The van der Waals surface area contributed by atoms with Crippen molar-refractivity contribution in [3.63, 3.8) is 0 Å². The molecule has 0 bridgehead atoms. The first-order valence-corrected chi connectivity index (χ1v) is 5.85. The van der Waals surface area contributed by atoms with E-state index < -0.39 is 5.97 Å². The van der Waals surface area contributed by atoms with E-state index in [9.17, 15) is 4.79 Å². The van der Waals surface area contributed by atoms with Crippen LogP contribution in [0, 0.1) is 0 Å². The molecule has 0 amide bonds. The van der Waals surface area contributed by atoms with Crippen LogP contribution in [-0.2, 0) is 4.74 Å². The molecule has 7 heteroatoms. The van der Waals surface area contributed by atoms with Crippen molar-refractivity contribution in [3.8, 4) is 5.82 Å². The SMILES string of the molecule is COC(=O)c1nn(-c2nccnc2N)c2ccccc12. The highest BCUT2D eigenvalue weighted by Gasteiger charge is 2.19.